The fraction of sp³-hybridized carbons (Fsp3) is 0.636. The van der Waals surface area contributed by atoms with Crippen LogP contribution in [0.25, 0.3) is 0 Å². The topological polar surface area (TPSA) is 59.1 Å². The van der Waals surface area contributed by atoms with E-state index in [2.05, 4.69) is 13.8 Å². The molecule has 2 amide bonds. The van der Waals surface area contributed by atoms with Gasteiger partial charge in [-0.3, -0.25) is 9.59 Å². The van der Waals surface area contributed by atoms with Gasteiger partial charge in [-0.2, -0.15) is 0 Å². The van der Waals surface area contributed by atoms with Crippen molar-refractivity contribution in [3.8, 4) is 11.5 Å². The highest BCUT2D eigenvalue weighted by atomic mass is 16.5. The van der Waals surface area contributed by atoms with Crippen molar-refractivity contribution >= 4 is 11.8 Å². The SMILES string of the molecule is COc1cccc(CN2CCCC3(CCN(C(=O)CC(C)C)C3)C2=O)c1OC. The Labute approximate surface area is 167 Å². The van der Waals surface area contributed by atoms with Crippen molar-refractivity contribution < 1.29 is 19.1 Å². The van der Waals surface area contributed by atoms with E-state index < -0.39 is 5.41 Å². The van der Waals surface area contributed by atoms with Gasteiger partial charge in [0.15, 0.2) is 11.5 Å². The van der Waals surface area contributed by atoms with Crippen LogP contribution in [0.1, 0.15) is 45.1 Å². The van der Waals surface area contributed by atoms with E-state index >= 15 is 0 Å². The van der Waals surface area contributed by atoms with E-state index in [1.54, 1.807) is 14.2 Å². The molecule has 0 aliphatic carbocycles. The summed E-state index contributed by atoms with van der Waals surface area (Å²) in [6, 6.07) is 5.75. The lowest BCUT2D eigenvalue weighted by molar-refractivity contribution is -0.146. The van der Waals surface area contributed by atoms with Crippen LogP contribution in [0.2, 0.25) is 0 Å². The first-order valence-corrected chi connectivity index (χ1v) is 10.2. The summed E-state index contributed by atoms with van der Waals surface area (Å²) in [6.45, 7) is 6.59. The third kappa shape index (κ3) is 3.96. The Kier molecular flexibility index (Phi) is 6.16. The molecule has 154 valence electrons. The van der Waals surface area contributed by atoms with Crippen molar-refractivity contribution in [3.63, 3.8) is 0 Å². The van der Waals surface area contributed by atoms with Crippen LogP contribution in [0.5, 0.6) is 11.5 Å². The van der Waals surface area contributed by atoms with E-state index in [0.717, 1.165) is 31.4 Å². The van der Waals surface area contributed by atoms with Crippen LogP contribution < -0.4 is 9.47 Å². The molecular weight excluding hydrogens is 356 g/mol. The Morgan fingerprint density at radius 2 is 1.96 bits per heavy atom. The van der Waals surface area contributed by atoms with Gasteiger partial charge in [0.2, 0.25) is 11.8 Å². The quantitative estimate of drug-likeness (QED) is 0.751. The maximum atomic E-state index is 13.4. The highest BCUT2D eigenvalue weighted by molar-refractivity contribution is 5.86. The number of rotatable bonds is 6. The third-order valence-electron chi connectivity index (χ3n) is 5.96. The van der Waals surface area contributed by atoms with Crippen molar-refractivity contribution in [2.75, 3.05) is 33.9 Å². The maximum Gasteiger partial charge on any atom is 0.230 e. The second-order valence-electron chi connectivity index (χ2n) is 8.43. The number of carbonyl (C=O) groups is 2. The number of nitrogens with zero attached hydrogens (tertiary/aromatic N) is 2. The molecule has 0 radical (unpaired) electrons. The summed E-state index contributed by atoms with van der Waals surface area (Å²) in [5, 5.41) is 0. The van der Waals surface area contributed by atoms with Gasteiger partial charge in [0.1, 0.15) is 0 Å². The van der Waals surface area contributed by atoms with E-state index in [4.69, 9.17) is 9.47 Å². The van der Waals surface area contributed by atoms with Crippen LogP contribution in [-0.4, -0.2) is 55.5 Å². The van der Waals surface area contributed by atoms with Gasteiger partial charge < -0.3 is 19.3 Å². The Hall–Kier alpha value is -2.24. The zero-order valence-corrected chi connectivity index (χ0v) is 17.5. The smallest absolute Gasteiger partial charge is 0.230 e. The second kappa shape index (κ2) is 8.41. The first-order valence-electron chi connectivity index (χ1n) is 10.2. The van der Waals surface area contributed by atoms with E-state index in [1.165, 1.54) is 0 Å². The standard InChI is InChI=1S/C22H32N2O4/c1-16(2)13-19(25)24-12-10-22(15-24)9-6-11-23(21(22)26)14-17-7-5-8-18(27-3)20(17)28-4/h5,7-8,16H,6,9-15H2,1-4H3. The molecule has 2 saturated heterocycles. The molecule has 1 aromatic carbocycles. The minimum absolute atomic E-state index is 0.170. The molecule has 2 aliphatic heterocycles. The Balaban J connectivity index is 1.74. The molecule has 2 aliphatic rings. The lowest BCUT2D eigenvalue weighted by Gasteiger charge is -2.39. The number of para-hydroxylation sites is 1. The number of hydrogen-bond donors (Lipinski definition) is 0. The Morgan fingerprint density at radius 3 is 2.64 bits per heavy atom. The number of benzene rings is 1. The third-order valence-corrected chi connectivity index (χ3v) is 5.96. The van der Waals surface area contributed by atoms with Gasteiger partial charge in [0.25, 0.3) is 0 Å². The highest BCUT2D eigenvalue weighted by Crippen LogP contribution is 2.41. The first kappa shape index (κ1) is 20.5. The van der Waals surface area contributed by atoms with Crippen molar-refractivity contribution in [2.24, 2.45) is 11.3 Å². The number of hydrogen-bond acceptors (Lipinski definition) is 4. The molecule has 3 rings (SSSR count). The van der Waals surface area contributed by atoms with E-state index in [9.17, 15) is 9.59 Å². The van der Waals surface area contributed by atoms with Crippen LogP contribution in [0.3, 0.4) is 0 Å². The van der Waals surface area contributed by atoms with Crippen LogP contribution in [0, 0.1) is 11.3 Å². The van der Waals surface area contributed by atoms with Gasteiger partial charge in [-0.05, 0) is 31.2 Å². The highest BCUT2D eigenvalue weighted by Gasteiger charge is 2.49. The summed E-state index contributed by atoms with van der Waals surface area (Å²) in [4.78, 5) is 29.7. The molecule has 1 unspecified atom stereocenters. The largest absolute Gasteiger partial charge is 0.493 e. The van der Waals surface area contributed by atoms with E-state index in [1.807, 2.05) is 28.0 Å². The minimum Gasteiger partial charge on any atom is -0.493 e. The van der Waals surface area contributed by atoms with Crippen molar-refractivity contribution in [1.29, 1.82) is 0 Å². The Bertz CT molecular complexity index is 733. The van der Waals surface area contributed by atoms with Crippen LogP contribution >= 0.6 is 0 Å². The van der Waals surface area contributed by atoms with Gasteiger partial charge in [0.05, 0.1) is 19.6 Å². The second-order valence-corrected chi connectivity index (χ2v) is 8.43. The number of piperidine rings is 1. The molecule has 1 atom stereocenters. The summed E-state index contributed by atoms with van der Waals surface area (Å²) < 4.78 is 10.9. The minimum atomic E-state index is -0.420. The maximum absolute atomic E-state index is 13.4. The normalized spacial score (nSPS) is 22.2. The van der Waals surface area contributed by atoms with Crippen molar-refractivity contribution in [1.82, 2.24) is 9.80 Å². The fourth-order valence-electron chi connectivity index (χ4n) is 4.53. The van der Waals surface area contributed by atoms with Gasteiger partial charge in [-0.25, -0.2) is 0 Å². The molecule has 0 N–H and O–H groups in total. The molecule has 28 heavy (non-hydrogen) atoms. The monoisotopic (exact) mass is 388 g/mol. The average molecular weight is 389 g/mol. The number of likely N-dealkylation sites (tertiary alicyclic amines) is 2. The molecule has 1 spiro atoms. The lowest BCUT2D eigenvalue weighted by Crippen LogP contribution is -2.50. The molecular formula is C22H32N2O4. The molecule has 0 aromatic heterocycles. The van der Waals surface area contributed by atoms with Gasteiger partial charge in [0, 0.05) is 38.2 Å². The molecule has 0 bridgehead atoms. The summed E-state index contributed by atoms with van der Waals surface area (Å²) >= 11 is 0. The van der Waals surface area contributed by atoms with Gasteiger partial charge in [-0.1, -0.05) is 26.0 Å². The van der Waals surface area contributed by atoms with E-state index in [0.29, 0.717) is 43.5 Å². The zero-order valence-electron chi connectivity index (χ0n) is 17.5. The molecule has 6 nitrogen and oxygen atoms in total. The molecule has 2 heterocycles. The van der Waals surface area contributed by atoms with Crippen molar-refractivity contribution in [2.45, 2.75) is 46.1 Å². The molecule has 6 heteroatoms. The van der Waals surface area contributed by atoms with Gasteiger partial charge >= 0.3 is 0 Å². The van der Waals surface area contributed by atoms with Crippen LogP contribution in [-0.2, 0) is 16.1 Å². The average Bonchev–Trinajstić information content (AvgIpc) is 3.10. The first-order chi connectivity index (χ1) is 13.4. The molecule has 0 saturated carbocycles. The fourth-order valence-corrected chi connectivity index (χ4v) is 4.53. The lowest BCUT2D eigenvalue weighted by atomic mass is 9.78. The number of carbonyl (C=O) groups excluding carboxylic acids is 2. The molecule has 1 aromatic rings. The zero-order chi connectivity index (χ0) is 20.3. The van der Waals surface area contributed by atoms with Crippen LogP contribution in [0.15, 0.2) is 18.2 Å². The summed E-state index contributed by atoms with van der Waals surface area (Å²) in [5.74, 6) is 2.03. The van der Waals surface area contributed by atoms with Crippen LogP contribution in [0.4, 0.5) is 0 Å². The molecule has 2 fully saturated rings. The summed E-state index contributed by atoms with van der Waals surface area (Å²) in [6.07, 6.45) is 3.14. The van der Waals surface area contributed by atoms with E-state index in [-0.39, 0.29) is 11.8 Å². The summed E-state index contributed by atoms with van der Waals surface area (Å²) in [7, 11) is 3.24. The summed E-state index contributed by atoms with van der Waals surface area (Å²) in [5.41, 5.74) is 0.523. The number of ether oxygens (including phenoxy) is 2. The van der Waals surface area contributed by atoms with Gasteiger partial charge in [-0.15, -0.1) is 0 Å². The Morgan fingerprint density at radius 1 is 1.18 bits per heavy atom. The predicted octanol–water partition coefficient (Wildman–Crippen LogP) is 3.09. The number of methoxy groups -OCH3 is 2. The number of amides is 2. The van der Waals surface area contributed by atoms with Crippen molar-refractivity contribution in [3.05, 3.63) is 23.8 Å². The predicted molar refractivity (Wildman–Crippen MR) is 107 cm³/mol.